The molecule has 0 radical (unpaired) electrons. The molecular weight excluding hydrogens is 228 g/mol. The van der Waals surface area contributed by atoms with E-state index in [0.29, 0.717) is 5.75 Å². The van der Waals surface area contributed by atoms with Crippen LogP contribution in [0.25, 0.3) is 11.1 Å². The van der Waals surface area contributed by atoms with Crippen molar-refractivity contribution >= 4 is 5.97 Å². The summed E-state index contributed by atoms with van der Waals surface area (Å²) in [6.07, 6.45) is 0. The van der Waals surface area contributed by atoms with Crippen LogP contribution < -0.4 is 4.74 Å². The number of aryl methyl sites for hydroxylation is 1. The van der Waals surface area contributed by atoms with Crippen molar-refractivity contribution in [2.45, 2.75) is 6.92 Å². The van der Waals surface area contributed by atoms with Gasteiger partial charge in [-0.05, 0) is 35.7 Å². The predicted molar refractivity (Wildman–Crippen MR) is 70.1 cm³/mol. The molecule has 0 aromatic heterocycles. The number of rotatable bonds is 3. The lowest BCUT2D eigenvalue weighted by atomic mass is 9.99. The van der Waals surface area contributed by atoms with Gasteiger partial charge in [0.2, 0.25) is 0 Å². The standard InChI is InChI=1S/C15H14O3/c1-10-8-12(11-6-4-3-5-7-11)9-13(15(16)17)14(10)18-2/h3-9H,1-2H3,(H,16,17). The summed E-state index contributed by atoms with van der Waals surface area (Å²) >= 11 is 0. The normalized spacial score (nSPS) is 10.1. The number of hydrogen-bond acceptors (Lipinski definition) is 2. The average molecular weight is 242 g/mol. The Morgan fingerprint density at radius 3 is 2.33 bits per heavy atom. The summed E-state index contributed by atoms with van der Waals surface area (Å²) in [5.74, 6) is -0.560. The van der Waals surface area contributed by atoms with Gasteiger partial charge in [0.05, 0.1) is 7.11 Å². The first kappa shape index (κ1) is 12.2. The first-order valence-electron chi connectivity index (χ1n) is 5.61. The van der Waals surface area contributed by atoms with Crippen molar-refractivity contribution in [3.63, 3.8) is 0 Å². The van der Waals surface area contributed by atoms with Gasteiger partial charge in [-0.15, -0.1) is 0 Å². The van der Waals surface area contributed by atoms with E-state index in [1.165, 1.54) is 7.11 Å². The third kappa shape index (κ3) is 2.20. The number of carbonyl (C=O) groups is 1. The SMILES string of the molecule is COc1c(C)cc(-c2ccccc2)cc1C(=O)O. The van der Waals surface area contributed by atoms with Crippen LogP contribution in [0.5, 0.6) is 5.75 Å². The van der Waals surface area contributed by atoms with E-state index in [4.69, 9.17) is 4.74 Å². The van der Waals surface area contributed by atoms with Crippen LogP contribution in [-0.2, 0) is 0 Å². The fourth-order valence-electron chi connectivity index (χ4n) is 2.00. The minimum absolute atomic E-state index is 0.191. The third-order valence-corrected chi connectivity index (χ3v) is 2.82. The largest absolute Gasteiger partial charge is 0.496 e. The maximum absolute atomic E-state index is 11.2. The molecule has 0 saturated carbocycles. The lowest BCUT2D eigenvalue weighted by Gasteiger charge is -2.11. The summed E-state index contributed by atoms with van der Waals surface area (Å²) in [7, 11) is 1.48. The molecule has 18 heavy (non-hydrogen) atoms. The molecule has 3 heteroatoms. The molecule has 0 spiro atoms. The monoisotopic (exact) mass is 242 g/mol. The van der Waals surface area contributed by atoms with Crippen LogP contribution in [-0.4, -0.2) is 18.2 Å². The Labute approximate surface area is 106 Å². The molecule has 0 bridgehead atoms. The first-order valence-corrected chi connectivity index (χ1v) is 5.61. The molecule has 0 aliphatic heterocycles. The van der Waals surface area contributed by atoms with Crippen molar-refractivity contribution in [2.75, 3.05) is 7.11 Å². The topological polar surface area (TPSA) is 46.5 Å². The molecule has 2 aromatic rings. The fourth-order valence-corrected chi connectivity index (χ4v) is 2.00. The second-order valence-electron chi connectivity index (χ2n) is 4.05. The number of carboxylic acids is 1. The van der Waals surface area contributed by atoms with Crippen LogP contribution >= 0.6 is 0 Å². The van der Waals surface area contributed by atoms with Gasteiger partial charge in [0.15, 0.2) is 0 Å². The van der Waals surface area contributed by atoms with E-state index < -0.39 is 5.97 Å². The Kier molecular flexibility index (Phi) is 3.33. The second kappa shape index (κ2) is 4.92. The Balaban J connectivity index is 2.62. The zero-order valence-corrected chi connectivity index (χ0v) is 10.3. The Bertz CT molecular complexity index is 574. The molecule has 0 amide bonds. The smallest absolute Gasteiger partial charge is 0.339 e. The summed E-state index contributed by atoms with van der Waals surface area (Å²) in [4.78, 5) is 11.2. The molecule has 1 N–H and O–H groups in total. The van der Waals surface area contributed by atoms with E-state index >= 15 is 0 Å². The van der Waals surface area contributed by atoms with Crippen LogP contribution in [0, 0.1) is 6.92 Å². The Morgan fingerprint density at radius 1 is 1.11 bits per heavy atom. The highest BCUT2D eigenvalue weighted by Gasteiger charge is 2.15. The molecule has 0 heterocycles. The molecule has 0 aliphatic rings. The highest BCUT2D eigenvalue weighted by atomic mass is 16.5. The summed E-state index contributed by atoms with van der Waals surface area (Å²) < 4.78 is 5.15. The number of hydrogen-bond donors (Lipinski definition) is 1. The molecule has 3 nitrogen and oxygen atoms in total. The van der Waals surface area contributed by atoms with Gasteiger partial charge >= 0.3 is 5.97 Å². The Hall–Kier alpha value is -2.29. The van der Waals surface area contributed by atoms with Crippen LogP contribution in [0.3, 0.4) is 0 Å². The number of benzene rings is 2. The van der Waals surface area contributed by atoms with E-state index in [1.807, 2.05) is 43.3 Å². The lowest BCUT2D eigenvalue weighted by molar-refractivity contribution is 0.0693. The van der Waals surface area contributed by atoms with Crippen LogP contribution in [0.2, 0.25) is 0 Å². The van der Waals surface area contributed by atoms with E-state index in [2.05, 4.69) is 0 Å². The summed E-state index contributed by atoms with van der Waals surface area (Å²) in [5.41, 5.74) is 2.88. The fraction of sp³-hybridized carbons (Fsp3) is 0.133. The zero-order chi connectivity index (χ0) is 13.1. The van der Waals surface area contributed by atoms with Crippen molar-refractivity contribution in [3.05, 3.63) is 53.6 Å². The van der Waals surface area contributed by atoms with Gasteiger partial charge in [-0.1, -0.05) is 30.3 Å². The minimum Gasteiger partial charge on any atom is -0.496 e. The van der Waals surface area contributed by atoms with E-state index in [1.54, 1.807) is 6.07 Å². The molecule has 0 fully saturated rings. The molecule has 0 unspecified atom stereocenters. The van der Waals surface area contributed by atoms with Gasteiger partial charge in [0, 0.05) is 0 Å². The summed E-state index contributed by atoms with van der Waals surface area (Å²) in [5, 5.41) is 9.21. The molecular formula is C15H14O3. The number of ether oxygens (including phenoxy) is 1. The van der Waals surface area contributed by atoms with Crippen molar-refractivity contribution < 1.29 is 14.6 Å². The van der Waals surface area contributed by atoms with E-state index in [9.17, 15) is 9.90 Å². The molecule has 2 aromatic carbocycles. The van der Waals surface area contributed by atoms with Gasteiger partial charge in [-0.2, -0.15) is 0 Å². The number of carboxylic acid groups (broad SMARTS) is 1. The van der Waals surface area contributed by atoms with E-state index in [0.717, 1.165) is 16.7 Å². The average Bonchev–Trinajstić information content (AvgIpc) is 2.38. The summed E-state index contributed by atoms with van der Waals surface area (Å²) in [6.45, 7) is 1.84. The van der Waals surface area contributed by atoms with Gasteiger partial charge in [0.25, 0.3) is 0 Å². The van der Waals surface area contributed by atoms with Gasteiger partial charge in [-0.3, -0.25) is 0 Å². The van der Waals surface area contributed by atoms with Crippen molar-refractivity contribution in [1.29, 1.82) is 0 Å². The second-order valence-corrected chi connectivity index (χ2v) is 4.05. The first-order chi connectivity index (χ1) is 8.63. The highest BCUT2D eigenvalue weighted by molar-refractivity contribution is 5.93. The van der Waals surface area contributed by atoms with E-state index in [-0.39, 0.29) is 5.56 Å². The van der Waals surface area contributed by atoms with Gasteiger partial charge in [0.1, 0.15) is 11.3 Å². The quantitative estimate of drug-likeness (QED) is 0.897. The third-order valence-electron chi connectivity index (χ3n) is 2.82. The molecule has 2 rings (SSSR count). The van der Waals surface area contributed by atoms with Crippen molar-refractivity contribution in [1.82, 2.24) is 0 Å². The van der Waals surface area contributed by atoms with Crippen LogP contribution in [0.15, 0.2) is 42.5 Å². The molecule has 0 saturated heterocycles. The number of methoxy groups -OCH3 is 1. The number of aromatic carboxylic acids is 1. The molecule has 92 valence electrons. The maximum Gasteiger partial charge on any atom is 0.339 e. The minimum atomic E-state index is -0.979. The zero-order valence-electron chi connectivity index (χ0n) is 10.3. The molecule has 0 aliphatic carbocycles. The van der Waals surface area contributed by atoms with Crippen LogP contribution in [0.1, 0.15) is 15.9 Å². The van der Waals surface area contributed by atoms with Gasteiger partial charge < -0.3 is 9.84 Å². The molecule has 0 atom stereocenters. The Morgan fingerprint density at radius 2 is 1.78 bits per heavy atom. The maximum atomic E-state index is 11.2. The summed E-state index contributed by atoms with van der Waals surface area (Å²) in [6, 6.07) is 13.3. The predicted octanol–water partition coefficient (Wildman–Crippen LogP) is 3.37. The van der Waals surface area contributed by atoms with Crippen molar-refractivity contribution in [2.24, 2.45) is 0 Å². The van der Waals surface area contributed by atoms with Crippen molar-refractivity contribution in [3.8, 4) is 16.9 Å². The lowest BCUT2D eigenvalue weighted by Crippen LogP contribution is -2.02. The van der Waals surface area contributed by atoms with Crippen LogP contribution in [0.4, 0.5) is 0 Å². The van der Waals surface area contributed by atoms with Gasteiger partial charge in [-0.25, -0.2) is 4.79 Å². The highest BCUT2D eigenvalue weighted by Crippen LogP contribution is 2.30.